The number of carboxylic acid groups (broad SMARTS) is 1. The van der Waals surface area contributed by atoms with Crippen molar-refractivity contribution in [3.8, 4) is 0 Å². The first-order valence-electron chi connectivity index (χ1n) is 5.74. The fraction of sp³-hybridized carbons (Fsp3) is 0.636. The van der Waals surface area contributed by atoms with Crippen molar-refractivity contribution in [1.82, 2.24) is 5.32 Å². The monoisotopic (exact) mass is 327 g/mol. The van der Waals surface area contributed by atoms with E-state index in [1.165, 1.54) is 6.08 Å². The number of hydrogen-bond donors (Lipinski definition) is 2. The maximum Gasteiger partial charge on any atom is 0.408 e. The Morgan fingerprint density at radius 3 is 2.35 bits per heavy atom. The molecule has 0 saturated carbocycles. The summed E-state index contributed by atoms with van der Waals surface area (Å²) in [5.41, 5.74) is -0.736. The van der Waals surface area contributed by atoms with Gasteiger partial charge in [0, 0.05) is 16.1 Å². The average molecular weight is 328 g/mol. The molecule has 2 N–H and O–H groups in total. The molecular formula is C11H18ClNO6S. The molecule has 0 radical (unpaired) electrons. The summed E-state index contributed by atoms with van der Waals surface area (Å²) in [6, 6.07) is -1.17. The molecule has 0 heterocycles. The second kappa shape index (κ2) is 7.49. The van der Waals surface area contributed by atoms with Gasteiger partial charge in [-0.2, -0.15) is 0 Å². The van der Waals surface area contributed by atoms with Gasteiger partial charge in [0.15, 0.2) is 0 Å². The fourth-order valence-electron chi connectivity index (χ4n) is 1.15. The lowest BCUT2D eigenvalue weighted by molar-refractivity contribution is -0.139. The highest BCUT2D eigenvalue weighted by atomic mass is 35.7. The third-order valence-electron chi connectivity index (χ3n) is 1.87. The molecule has 0 aliphatic rings. The van der Waals surface area contributed by atoms with Gasteiger partial charge in [-0.05, 0) is 33.6 Å². The molecule has 1 amide bonds. The van der Waals surface area contributed by atoms with E-state index in [1.54, 1.807) is 20.8 Å². The van der Waals surface area contributed by atoms with Crippen LogP contribution in [0.2, 0.25) is 0 Å². The summed E-state index contributed by atoms with van der Waals surface area (Å²) in [4.78, 5) is 22.4. The number of ether oxygens (including phenoxy) is 1. The zero-order valence-corrected chi connectivity index (χ0v) is 13.0. The van der Waals surface area contributed by atoms with E-state index in [4.69, 9.17) is 20.5 Å². The molecule has 0 aromatic carbocycles. The van der Waals surface area contributed by atoms with Gasteiger partial charge in [0.2, 0.25) is 0 Å². The summed E-state index contributed by atoms with van der Waals surface area (Å²) in [5, 5.41) is 11.9. The predicted molar refractivity (Wildman–Crippen MR) is 73.9 cm³/mol. The van der Waals surface area contributed by atoms with Crippen LogP contribution in [0, 0.1) is 0 Å². The Morgan fingerprint density at radius 2 is 1.95 bits per heavy atom. The summed E-state index contributed by atoms with van der Waals surface area (Å²) in [6.45, 7) is 4.95. The quantitative estimate of drug-likeness (QED) is 0.720. The van der Waals surface area contributed by atoms with E-state index in [0.29, 0.717) is 0 Å². The average Bonchev–Trinajstić information content (AvgIpc) is 2.17. The van der Waals surface area contributed by atoms with Crippen LogP contribution >= 0.6 is 10.7 Å². The van der Waals surface area contributed by atoms with E-state index in [1.807, 2.05) is 0 Å². The molecule has 116 valence electrons. The fourth-order valence-corrected chi connectivity index (χ4v) is 1.74. The van der Waals surface area contributed by atoms with Gasteiger partial charge in [0.25, 0.3) is 9.05 Å². The lowest BCUT2D eigenvalue weighted by Gasteiger charge is -2.21. The predicted octanol–water partition coefficient (Wildman–Crippen LogP) is 1.83. The molecule has 1 atom stereocenters. The van der Waals surface area contributed by atoms with Crippen LogP contribution in [0.3, 0.4) is 0 Å². The molecule has 0 spiro atoms. The largest absolute Gasteiger partial charge is 0.480 e. The Labute approximate surface area is 122 Å². The highest BCUT2D eigenvalue weighted by molar-refractivity contribution is 8.16. The van der Waals surface area contributed by atoms with Gasteiger partial charge < -0.3 is 15.2 Å². The maximum atomic E-state index is 11.4. The summed E-state index contributed by atoms with van der Waals surface area (Å²) in [7, 11) is 1.19. The molecule has 7 nitrogen and oxygen atoms in total. The van der Waals surface area contributed by atoms with Crippen molar-refractivity contribution in [2.75, 3.05) is 0 Å². The Hall–Kier alpha value is -1.28. The second-order valence-corrected chi connectivity index (χ2v) is 7.48. The molecule has 0 fully saturated rings. The van der Waals surface area contributed by atoms with Crippen LogP contribution in [-0.2, 0) is 18.6 Å². The van der Waals surface area contributed by atoms with Crippen LogP contribution in [0.1, 0.15) is 33.6 Å². The SMILES string of the molecule is CC(C)(C)OC(=O)N[C@@H](CC/C=C/S(=O)(=O)Cl)C(=O)O. The molecule has 9 heteroatoms. The van der Waals surface area contributed by atoms with Crippen LogP contribution < -0.4 is 5.32 Å². The van der Waals surface area contributed by atoms with Gasteiger partial charge in [0.1, 0.15) is 11.6 Å². The summed E-state index contributed by atoms with van der Waals surface area (Å²) >= 11 is 0. The number of halogens is 1. The van der Waals surface area contributed by atoms with Crippen molar-refractivity contribution in [3.05, 3.63) is 11.5 Å². The van der Waals surface area contributed by atoms with Crippen LogP contribution in [0.25, 0.3) is 0 Å². The third-order valence-corrected chi connectivity index (χ3v) is 2.70. The van der Waals surface area contributed by atoms with Crippen molar-refractivity contribution >= 4 is 31.8 Å². The van der Waals surface area contributed by atoms with E-state index < -0.39 is 32.8 Å². The van der Waals surface area contributed by atoms with Gasteiger partial charge in [-0.1, -0.05) is 6.08 Å². The van der Waals surface area contributed by atoms with Gasteiger partial charge in [-0.15, -0.1) is 0 Å². The highest BCUT2D eigenvalue weighted by Gasteiger charge is 2.23. The summed E-state index contributed by atoms with van der Waals surface area (Å²) < 4.78 is 26.2. The number of allylic oxidation sites excluding steroid dienone is 1. The Balaban J connectivity index is 4.42. The number of nitrogens with one attached hydrogen (secondary N) is 1. The first-order chi connectivity index (χ1) is 8.91. The van der Waals surface area contributed by atoms with Gasteiger partial charge in [-0.3, -0.25) is 0 Å². The number of carbonyl (C=O) groups excluding carboxylic acids is 1. The molecule has 20 heavy (non-hydrogen) atoms. The lowest BCUT2D eigenvalue weighted by Crippen LogP contribution is -2.43. The number of hydrogen-bond acceptors (Lipinski definition) is 5. The van der Waals surface area contributed by atoms with Crippen molar-refractivity contribution in [2.45, 2.75) is 45.3 Å². The molecule has 0 aromatic rings. The first-order valence-corrected chi connectivity index (χ1v) is 8.11. The van der Waals surface area contributed by atoms with Crippen LogP contribution in [-0.4, -0.2) is 37.2 Å². The van der Waals surface area contributed by atoms with E-state index >= 15 is 0 Å². The molecule has 0 aliphatic carbocycles. The van der Waals surface area contributed by atoms with E-state index in [2.05, 4.69) is 5.32 Å². The molecule has 0 rings (SSSR count). The summed E-state index contributed by atoms with van der Waals surface area (Å²) in [6.07, 6.45) is 0.504. The van der Waals surface area contributed by atoms with Crippen LogP contribution in [0.5, 0.6) is 0 Å². The third kappa shape index (κ3) is 10.6. The minimum atomic E-state index is -3.76. The van der Waals surface area contributed by atoms with E-state index in [-0.39, 0.29) is 12.8 Å². The highest BCUT2D eigenvalue weighted by Crippen LogP contribution is 2.08. The lowest BCUT2D eigenvalue weighted by atomic mass is 10.1. The van der Waals surface area contributed by atoms with Crippen LogP contribution in [0.4, 0.5) is 4.79 Å². The molecule has 0 bridgehead atoms. The Morgan fingerprint density at radius 1 is 1.40 bits per heavy atom. The second-order valence-electron chi connectivity index (χ2n) is 4.96. The maximum absolute atomic E-state index is 11.4. The number of amides is 1. The van der Waals surface area contributed by atoms with Gasteiger partial charge in [0.05, 0.1) is 0 Å². The first kappa shape index (κ1) is 18.7. The summed E-state index contributed by atoms with van der Waals surface area (Å²) in [5.74, 6) is -1.24. The number of carboxylic acids is 1. The molecule has 0 aliphatic heterocycles. The number of carbonyl (C=O) groups is 2. The van der Waals surface area contributed by atoms with Crippen molar-refractivity contribution < 1.29 is 27.9 Å². The van der Waals surface area contributed by atoms with Crippen LogP contribution in [0.15, 0.2) is 11.5 Å². The molecule has 0 aromatic heterocycles. The number of aliphatic carboxylic acids is 1. The minimum Gasteiger partial charge on any atom is -0.480 e. The van der Waals surface area contributed by atoms with Crippen molar-refractivity contribution in [2.24, 2.45) is 0 Å². The smallest absolute Gasteiger partial charge is 0.408 e. The van der Waals surface area contributed by atoms with E-state index in [0.717, 1.165) is 5.41 Å². The van der Waals surface area contributed by atoms with Crippen molar-refractivity contribution in [3.63, 3.8) is 0 Å². The molecule has 0 saturated heterocycles. The van der Waals surface area contributed by atoms with Gasteiger partial charge >= 0.3 is 12.1 Å². The number of rotatable bonds is 6. The van der Waals surface area contributed by atoms with Gasteiger partial charge in [-0.25, -0.2) is 18.0 Å². The molecule has 0 unspecified atom stereocenters. The topological polar surface area (TPSA) is 110 Å². The van der Waals surface area contributed by atoms with Crippen molar-refractivity contribution in [1.29, 1.82) is 0 Å². The Kier molecular flexibility index (Phi) is 7.01. The normalized spacial score (nSPS) is 14.0. The minimum absolute atomic E-state index is 0.0114. The number of alkyl carbamates (subject to hydrolysis) is 1. The van der Waals surface area contributed by atoms with E-state index in [9.17, 15) is 18.0 Å². The standard InChI is InChI=1S/C11H18ClNO6S/c1-11(2,3)19-10(16)13-8(9(14)15)6-4-5-7-20(12,17)18/h5,7-8H,4,6H2,1-3H3,(H,13,16)(H,14,15)/b7-5+/t8-/m0/s1. The zero-order valence-electron chi connectivity index (χ0n) is 11.4. The molecular weight excluding hydrogens is 310 g/mol. The zero-order chi connectivity index (χ0) is 16.0. The Bertz CT molecular complexity index is 480.